The van der Waals surface area contributed by atoms with E-state index in [9.17, 15) is 9.90 Å². The molecule has 3 atom stereocenters. The molecule has 1 aliphatic carbocycles. The molecule has 182 valence electrons. The summed E-state index contributed by atoms with van der Waals surface area (Å²) < 4.78 is 11.3. The minimum absolute atomic E-state index is 0.325. The molecule has 2 fully saturated rings. The number of rotatable bonds is 6. The van der Waals surface area contributed by atoms with Crippen LogP contribution in [0.5, 0.6) is 0 Å². The third-order valence-corrected chi connectivity index (χ3v) is 7.98. The van der Waals surface area contributed by atoms with Crippen LogP contribution in [0.15, 0.2) is 42.5 Å². The van der Waals surface area contributed by atoms with Crippen LogP contribution in [0.4, 0.5) is 0 Å². The Morgan fingerprint density at radius 2 is 1.71 bits per heavy atom. The normalized spacial score (nSPS) is 26.0. The van der Waals surface area contributed by atoms with Crippen LogP contribution in [-0.4, -0.2) is 73.0 Å². The highest BCUT2D eigenvalue weighted by Crippen LogP contribution is 2.51. The van der Waals surface area contributed by atoms with Crippen LogP contribution in [0.25, 0.3) is 11.1 Å². The number of fused-ring (bicyclic) bond motifs is 1. The molecule has 3 aliphatic rings. The predicted molar refractivity (Wildman–Crippen MR) is 132 cm³/mol. The molecular formula is C28H36N2O4. The van der Waals surface area contributed by atoms with E-state index in [2.05, 4.69) is 41.8 Å². The fraction of sp³-hybridized carbons (Fsp3) is 0.536. The van der Waals surface area contributed by atoms with Gasteiger partial charge in [0.2, 0.25) is 0 Å². The van der Waals surface area contributed by atoms with Gasteiger partial charge in [-0.25, -0.2) is 4.79 Å². The molecule has 3 unspecified atom stereocenters. The molecule has 6 heteroatoms. The van der Waals surface area contributed by atoms with Gasteiger partial charge < -0.3 is 14.6 Å². The SMILES string of the molecule is CCN(C1CCOCC1)C1c2cc(-c3cccc(C(=O)O)c3)ccc2C(N2CCOCC2)C1C. The van der Waals surface area contributed by atoms with Crippen molar-refractivity contribution in [3.05, 3.63) is 59.2 Å². The summed E-state index contributed by atoms with van der Waals surface area (Å²) in [6.45, 7) is 10.9. The summed E-state index contributed by atoms with van der Waals surface area (Å²) in [6.07, 6.45) is 2.16. The van der Waals surface area contributed by atoms with Crippen molar-refractivity contribution in [2.24, 2.45) is 5.92 Å². The van der Waals surface area contributed by atoms with E-state index in [-0.39, 0.29) is 0 Å². The minimum atomic E-state index is -0.890. The van der Waals surface area contributed by atoms with Gasteiger partial charge in [-0.1, -0.05) is 38.1 Å². The van der Waals surface area contributed by atoms with Crippen LogP contribution in [0.3, 0.4) is 0 Å². The smallest absolute Gasteiger partial charge is 0.335 e. The third-order valence-electron chi connectivity index (χ3n) is 7.98. The van der Waals surface area contributed by atoms with Gasteiger partial charge in [0.15, 0.2) is 0 Å². The Labute approximate surface area is 202 Å². The van der Waals surface area contributed by atoms with E-state index in [1.807, 2.05) is 12.1 Å². The van der Waals surface area contributed by atoms with Gasteiger partial charge in [0.05, 0.1) is 18.8 Å². The number of hydrogen-bond acceptors (Lipinski definition) is 5. The van der Waals surface area contributed by atoms with Gasteiger partial charge in [-0.3, -0.25) is 9.80 Å². The largest absolute Gasteiger partial charge is 0.478 e. The molecule has 2 heterocycles. The summed E-state index contributed by atoms with van der Waals surface area (Å²) in [7, 11) is 0. The third kappa shape index (κ3) is 4.40. The summed E-state index contributed by atoms with van der Waals surface area (Å²) in [6, 6.07) is 15.3. The lowest BCUT2D eigenvalue weighted by atomic mass is 9.93. The quantitative estimate of drug-likeness (QED) is 0.673. The van der Waals surface area contributed by atoms with E-state index in [0.717, 1.165) is 70.0 Å². The number of carboxylic acid groups (broad SMARTS) is 1. The zero-order chi connectivity index (χ0) is 23.7. The molecule has 2 saturated heterocycles. The molecule has 5 rings (SSSR count). The Kier molecular flexibility index (Phi) is 7.02. The molecule has 6 nitrogen and oxygen atoms in total. The van der Waals surface area contributed by atoms with E-state index < -0.39 is 5.97 Å². The summed E-state index contributed by atoms with van der Waals surface area (Å²) in [5.74, 6) is -0.435. The highest BCUT2D eigenvalue weighted by molar-refractivity contribution is 5.89. The van der Waals surface area contributed by atoms with Gasteiger partial charge in [0, 0.05) is 44.4 Å². The summed E-state index contributed by atoms with van der Waals surface area (Å²) in [5, 5.41) is 9.48. The maximum atomic E-state index is 11.6. The number of aromatic carboxylic acids is 1. The lowest BCUT2D eigenvalue weighted by Crippen LogP contribution is -2.45. The predicted octanol–water partition coefficient (Wildman–Crippen LogP) is 4.62. The van der Waals surface area contributed by atoms with Gasteiger partial charge in [-0.2, -0.15) is 0 Å². The maximum Gasteiger partial charge on any atom is 0.335 e. The first-order chi connectivity index (χ1) is 16.6. The molecule has 2 aromatic carbocycles. The molecule has 2 aliphatic heterocycles. The van der Waals surface area contributed by atoms with E-state index in [1.54, 1.807) is 12.1 Å². The Hall–Kier alpha value is -2.25. The first-order valence-electron chi connectivity index (χ1n) is 12.7. The Morgan fingerprint density at radius 3 is 2.41 bits per heavy atom. The lowest BCUT2D eigenvalue weighted by Gasteiger charge is -2.42. The molecule has 0 spiro atoms. The van der Waals surface area contributed by atoms with Gasteiger partial charge >= 0.3 is 5.97 Å². The maximum absolute atomic E-state index is 11.6. The number of hydrogen-bond donors (Lipinski definition) is 1. The Balaban J connectivity index is 1.57. The van der Waals surface area contributed by atoms with Crippen LogP contribution in [0.1, 0.15) is 60.3 Å². The number of ether oxygens (including phenoxy) is 2. The zero-order valence-corrected chi connectivity index (χ0v) is 20.3. The van der Waals surface area contributed by atoms with Crippen molar-refractivity contribution in [3.63, 3.8) is 0 Å². The first-order valence-corrected chi connectivity index (χ1v) is 12.7. The fourth-order valence-corrected chi connectivity index (χ4v) is 6.42. The number of carboxylic acids is 1. The monoisotopic (exact) mass is 464 g/mol. The molecule has 0 radical (unpaired) electrons. The van der Waals surface area contributed by atoms with Crippen LogP contribution >= 0.6 is 0 Å². The van der Waals surface area contributed by atoms with E-state index in [0.29, 0.717) is 29.6 Å². The van der Waals surface area contributed by atoms with Gasteiger partial charge in [0.25, 0.3) is 0 Å². The molecular weight excluding hydrogens is 428 g/mol. The molecule has 0 aromatic heterocycles. The molecule has 34 heavy (non-hydrogen) atoms. The fourth-order valence-electron chi connectivity index (χ4n) is 6.42. The number of morpholine rings is 1. The topological polar surface area (TPSA) is 62.2 Å². The average molecular weight is 465 g/mol. The van der Waals surface area contributed by atoms with Crippen molar-refractivity contribution in [3.8, 4) is 11.1 Å². The summed E-state index contributed by atoms with van der Waals surface area (Å²) >= 11 is 0. The van der Waals surface area contributed by atoms with Crippen LogP contribution in [-0.2, 0) is 9.47 Å². The number of nitrogens with zero attached hydrogens (tertiary/aromatic N) is 2. The Morgan fingerprint density at radius 1 is 1.00 bits per heavy atom. The van der Waals surface area contributed by atoms with Crippen LogP contribution in [0, 0.1) is 5.92 Å². The minimum Gasteiger partial charge on any atom is -0.478 e. The van der Waals surface area contributed by atoms with Crippen molar-refractivity contribution in [1.82, 2.24) is 9.80 Å². The Bertz CT molecular complexity index is 1010. The van der Waals surface area contributed by atoms with Crippen molar-refractivity contribution >= 4 is 5.97 Å². The average Bonchev–Trinajstić information content (AvgIpc) is 3.17. The van der Waals surface area contributed by atoms with Gasteiger partial charge in [0.1, 0.15) is 0 Å². The summed E-state index contributed by atoms with van der Waals surface area (Å²) in [5.41, 5.74) is 5.19. The molecule has 2 aromatic rings. The van der Waals surface area contributed by atoms with E-state index in [4.69, 9.17) is 9.47 Å². The number of benzene rings is 2. The van der Waals surface area contributed by atoms with Crippen LogP contribution in [0.2, 0.25) is 0 Å². The second-order valence-corrected chi connectivity index (χ2v) is 9.80. The van der Waals surface area contributed by atoms with Gasteiger partial charge in [-0.15, -0.1) is 0 Å². The first kappa shape index (κ1) is 23.5. The highest BCUT2D eigenvalue weighted by Gasteiger charge is 2.45. The van der Waals surface area contributed by atoms with Gasteiger partial charge in [-0.05, 0) is 65.8 Å². The second kappa shape index (κ2) is 10.2. The molecule has 0 amide bonds. The molecule has 1 N–H and O–H groups in total. The van der Waals surface area contributed by atoms with Crippen LogP contribution < -0.4 is 0 Å². The molecule has 0 bridgehead atoms. The van der Waals surface area contributed by atoms with E-state index in [1.165, 1.54) is 11.1 Å². The highest BCUT2D eigenvalue weighted by atomic mass is 16.5. The van der Waals surface area contributed by atoms with Crippen molar-refractivity contribution in [2.75, 3.05) is 46.1 Å². The lowest BCUT2D eigenvalue weighted by molar-refractivity contribution is -0.0200. The number of carbonyl (C=O) groups is 1. The zero-order valence-electron chi connectivity index (χ0n) is 20.3. The second-order valence-electron chi connectivity index (χ2n) is 9.80. The van der Waals surface area contributed by atoms with Crippen molar-refractivity contribution < 1.29 is 19.4 Å². The van der Waals surface area contributed by atoms with Crippen molar-refractivity contribution in [1.29, 1.82) is 0 Å². The van der Waals surface area contributed by atoms with E-state index >= 15 is 0 Å². The standard InChI is InChI=1S/C28H36N2O4/c1-3-30(23-9-13-33-14-10-23)27-19(2)26(29-11-15-34-16-12-29)24-8-7-21(18-25(24)27)20-5-4-6-22(17-20)28(31)32/h4-8,17-19,23,26-27H,3,9-16H2,1-2H3,(H,31,32). The van der Waals surface area contributed by atoms with Crippen molar-refractivity contribution in [2.45, 2.75) is 44.8 Å². The molecule has 0 saturated carbocycles. The summed E-state index contributed by atoms with van der Waals surface area (Å²) in [4.78, 5) is 16.9.